The summed E-state index contributed by atoms with van der Waals surface area (Å²) >= 11 is 0. The molecule has 0 radical (unpaired) electrons. The summed E-state index contributed by atoms with van der Waals surface area (Å²) in [4.78, 5) is 13.1. The summed E-state index contributed by atoms with van der Waals surface area (Å²) in [5.41, 5.74) is 2.00. The highest BCUT2D eigenvalue weighted by molar-refractivity contribution is 5.85. The average molecular weight is 391 g/mol. The summed E-state index contributed by atoms with van der Waals surface area (Å²) in [6, 6.07) is 11.1. The van der Waals surface area contributed by atoms with Crippen molar-refractivity contribution in [2.75, 3.05) is 10.0 Å². The van der Waals surface area contributed by atoms with Crippen molar-refractivity contribution in [1.29, 1.82) is 0 Å². The molecule has 142 valence electrons. The number of nitrogens with zero attached hydrogens (tertiary/aromatic N) is 7. The molecule has 8 nitrogen and oxygen atoms in total. The lowest BCUT2D eigenvalue weighted by Crippen LogP contribution is -2.43. The SMILES string of the molecule is Fc1ccc(-c2nc(N3C=NC4c5ccccc5-n5cncc5N43)no2)c(F)c1. The van der Waals surface area contributed by atoms with Gasteiger partial charge in [0.25, 0.3) is 11.8 Å². The third-order valence-electron chi connectivity index (χ3n) is 4.89. The van der Waals surface area contributed by atoms with Crippen molar-refractivity contribution in [3.05, 3.63) is 72.2 Å². The molecule has 0 N–H and O–H groups in total. The summed E-state index contributed by atoms with van der Waals surface area (Å²) in [6.07, 6.45) is 4.70. The molecule has 2 aromatic heterocycles. The van der Waals surface area contributed by atoms with Gasteiger partial charge in [0.1, 0.15) is 24.3 Å². The van der Waals surface area contributed by atoms with Gasteiger partial charge in [0.05, 0.1) is 17.4 Å². The van der Waals surface area contributed by atoms with E-state index < -0.39 is 11.6 Å². The van der Waals surface area contributed by atoms with Gasteiger partial charge in [0.2, 0.25) is 0 Å². The lowest BCUT2D eigenvalue weighted by molar-refractivity contribution is 0.427. The second-order valence-corrected chi connectivity index (χ2v) is 6.53. The van der Waals surface area contributed by atoms with E-state index in [0.717, 1.165) is 29.2 Å². The fraction of sp³-hybridized carbons (Fsp3) is 0.0526. The van der Waals surface area contributed by atoms with Crippen LogP contribution in [0.3, 0.4) is 0 Å². The molecule has 0 spiro atoms. The van der Waals surface area contributed by atoms with Crippen molar-refractivity contribution in [3.63, 3.8) is 0 Å². The van der Waals surface area contributed by atoms with Crippen LogP contribution in [0.4, 0.5) is 20.5 Å². The van der Waals surface area contributed by atoms with Gasteiger partial charge in [0.15, 0.2) is 12.0 Å². The lowest BCUT2D eigenvalue weighted by atomic mass is 10.1. The predicted octanol–water partition coefficient (Wildman–Crippen LogP) is 3.48. The first kappa shape index (κ1) is 15.9. The fourth-order valence-electron chi connectivity index (χ4n) is 3.61. The third kappa shape index (κ3) is 2.22. The van der Waals surface area contributed by atoms with Gasteiger partial charge in [0, 0.05) is 11.6 Å². The van der Waals surface area contributed by atoms with E-state index in [1.165, 1.54) is 6.07 Å². The van der Waals surface area contributed by atoms with Gasteiger partial charge < -0.3 is 4.52 Å². The Morgan fingerprint density at radius 1 is 1.07 bits per heavy atom. The second-order valence-electron chi connectivity index (χ2n) is 6.53. The quantitative estimate of drug-likeness (QED) is 0.521. The summed E-state index contributed by atoms with van der Waals surface area (Å²) in [6.45, 7) is 0. The molecule has 29 heavy (non-hydrogen) atoms. The first-order valence-electron chi connectivity index (χ1n) is 8.73. The highest BCUT2D eigenvalue weighted by Gasteiger charge is 2.39. The number of imidazole rings is 1. The van der Waals surface area contributed by atoms with Crippen molar-refractivity contribution < 1.29 is 13.3 Å². The van der Waals surface area contributed by atoms with Crippen molar-refractivity contribution in [2.45, 2.75) is 6.17 Å². The average Bonchev–Trinajstić information content (AvgIpc) is 3.46. The summed E-state index contributed by atoms with van der Waals surface area (Å²) in [7, 11) is 0. The summed E-state index contributed by atoms with van der Waals surface area (Å²) in [5, 5.41) is 7.44. The number of hydrazine groups is 1. The molecule has 2 aromatic carbocycles. The van der Waals surface area contributed by atoms with E-state index >= 15 is 0 Å². The predicted molar refractivity (Wildman–Crippen MR) is 99.4 cm³/mol. The van der Waals surface area contributed by atoms with Gasteiger partial charge in [-0.15, -0.1) is 0 Å². The molecule has 4 heterocycles. The summed E-state index contributed by atoms with van der Waals surface area (Å²) < 4.78 is 34.4. The molecular weight excluding hydrogens is 380 g/mol. The number of hydrogen-bond donors (Lipinski definition) is 0. The van der Waals surface area contributed by atoms with E-state index in [9.17, 15) is 8.78 Å². The third-order valence-corrected chi connectivity index (χ3v) is 4.89. The van der Waals surface area contributed by atoms with Crippen molar-refractivity contribution in [2.24, 2.45) is 4.99 Å². The van der Waals surface area contributed by atoms with Crippen LogP contribution in [0.2, 0.25) is 0 Å². The number of anilines is 2. The Balaban J connectivity index is 1.42. The smallest absolute Gasteiger partial charge is 0.291 e. The van der Waals surface area contributed by atoms with Gasteiger partial charge in [-0.3, -0.25) is 4.57 Å². The molecule has 4 aromatic rings. The van der Waals surface area contributed by atoms with E-state index in [-0.39, 0.29) is 23.6 Å². The highest BCUT2D eigenvalue weighted by Crippen LogP contribution is 2.42. The van der Waals surface area contributed by atoms with Crippen LogP contribution in [0.5, 0.6) is 0 Å². The molecule has 1 unspecified atom stereocenters. The molecule has 0 fully saturated rings. The highest BCUT2D eigenvalue weighted by atomic mass is 19.1. The Morgan fingerprint density at radius 3 is 2.86 bits per heavy atom. The normalized spacial score (nSPS) is 16.7. The minimum absolute atomic E-state index is 0.0202. The Hall–Kier alpha value is -4.08. The van der Waals surface area contributed by atoms with Crippen molar-refractivity contribution in [3.8, 4) is 17.1 Å². The van der Waals surface area contributed by atoms with Crippen LogP contribution in [0.15, 0.2) is 64.5 Å². The molecule has 0 aliphatic carbocycles. The van der Waals surface area contributed by atoms with Crippen LogP contribution in [0.1, 0.15) is 11.7 Å². The zero-order chi connectivity index (χ0) is 19.5. The van der Waals surface area contributed by atoms with E-state index in [1.54, 1.807) is 23.9 Å². The molecule has 0 amide bonds. The molecule has 6 rings (SSSR count). The van der Waals surface area contributed by atoms with E-state index in [4.69, 9.17) is 4.52 Å². The molecule has 2 aliphatic rings. The zero-order valence-corrected chi connectivity index (χ0v) is 14.6. The molecule has 1 atom stereocenters. The van der Waals surface area contributed by atoms with Crippen LogP contribution < -0.4 is 10.0 Å². The second kappa shape index (κ2) is 5.71. The molecule has 2 aliphatic heterocycles. The number of benzene rings is 2. The maximum atomic E-state index is 14.1. The van der Waals surface area contributed by atoms with E-state index in [2.05, 4.69) is 20.1 Å². The number of aliphatic imine (C=N–C) groups is 1. The number of halogens is 2. The van der Waals surface area contributed by atoms with Crippen LogP contribution in [-0.2, 0) is 0 Å². The molecule has 10 heteroatoms. The number of para-hydroxylation sites is 1. The topological polar surface area (TPSA) is 75.6 Å². The fourth-order valence-corrected chi connectivity index (χ4v) is 3.61. The Bertz CT molecular complexity index is 1280. The number of fused-ring (bicyclic) bond motifs is 6. The number of rotatable bonds is 2. The first-order valence-corrected chi connectivity index (χ1v) is 8.73. The Labute approximate surface area is 162 Å². The van der Waals surface area contributed by atoms with Gasteiger partial charge in [-0.1, -0.05) is 18.2 Å². The van der Waals surface area contributed by atoms with Crippen LogP contribution >= 0.6 is 0 Å². The molecule has 0 saturated heterocycles. The van der Waals surface area contributed by atoms with Crippen LogP contribution in [0.25, 0.3) is 17.1 Å². The maximum Gasteiger partial charge on any atom is 0.291 e. The molecule has 0 bridgehead atoms. The standard InChI is InChI=1S/C19H11F2N7O/c20-11-5-6-12(14(21)7-11)18-24-19(25-29-18)27-10-23-17-13-3-1-2-4-15(13)26-9-22-8-16(26)28(17)27/h1-10,17H. The number of hydrogen-bond acceptors (Lipinski definition) is 7. The van der Waals surface area contributed by atoms with Crippen molar-refractivity contribution >= 4 is 18.1 Å². The van der Waals surface area contributed by atoms with Crippen molar-refractivity contribution in [1.82, 2.24) is 19.7 Å². The zero-order valence-electron chi connectivity index (χ0n) is 14.6. The first-order chi connectivity index (χ1) is 14.2. The maximum absolute atomic E-state index is 14.1. The monoisotopic (exact) mass is 391 g/mol. The Kier molecular flexibility index (Phi) is 3.13. The summed E-state index contributed by atoms with van der Waals surface area (Å²) in [5.74, 6) is -0.577. The molecule has 0 saturated carbocycles. The minimum atomic E-state index is -0.779. The van der Waals surface area contributed by atoms with Gasteiger partial charge >= 0.3 is 0 Å². The van der Waals surface area contributed by atoms with Gasteiger partial charge in [-0.05, 0) is 23.4 Å². The minimum Gasteiger partial charge on any atom is -0.332 e. The van der Waals surface area contributed by atoms with E-state index in [0.29, 0.717) is 0 Å². The Morgan fingerprint density at radius 2 is 1.97 bits per heavy atom. The largest absolute Gasteiger partial charge is 0.332 e. The number of aromatic nitrogens is 4. The van der Waals surface area contributed by atoms with Crippen LogP contribution in [0, 0.1) is 11.6 Å². The molecular formula is C19H11F2N7O. The van der Waals surface area contributed by atoms with Crippen LogP contribution in [-0.4, -0.2) is 26.0 Å². The van der Waals surface area contributed by atoms with Gasteiger partial charge in [-0.25, -0.2) is 28.8 Å². The van der Waals surface area contributed by atoms with E-state index in [1.807, 2.05) is 33.8 Å². The lowest BCUT2D eigenvalue weighted by Gasteiger charge is -2.35. The van der Waals surface area contributed by atoms with Gasteiger partial charge in [-0.2, -0.15) is 4.98 Å².